The second-order valence-electron chi connectivity index (χ2n) is 6.95. The highest BCUT2D eigenvalue weighted by atomic mass is 15.0. The SMILES string of the molecule is CCC(C=C(C)c1cnc(C2CCCCCCCN2)[nH]1)=C(C)C. The molecule has 3 heteroatoms. The maximum absolute atomic E-state index is 4.67. The van der Waals surface area contributed by atoms with Gasteiger partial charge in [0, 0.05) is 0 Å². The monoisotopic (exact) mass is 315 g/mol. The smallest absolute Gasteiger partial charge is 0.123 e. The number of allylic oxidation sites excluding steroid dienone is 4. The minimum atomic E-state index is 0.378. The zero-order valence-corrected chi connectivity index (χ0v) is 15.3. The van der Waals surface area contributed by atoms with Gasteiger partial charge in [-0.25, -0.2) is 4.98 Å². The molecule has 0 radical (unpaired) electrons. The summed E-state index contributed by atoms with van der Waals surface area (Å²) in [4.78, 5) is 8.22. The lowest BCUT2D eigenvalue weighted by atomic mass is 10.0. The predicted molar refractivity (Wildman–Crippen MR) is 99.3 cm³/mol. The highest BCUT2D eigenvalue weighted by Gasteiger charge is 2.15. The van der Waals surface area contributed by atoms with Crippen molar-refractivity contribution in [1.82, 2.24) is 15.3 Å². The molecule has 1 aliphatic heterocycles. The Morgan fingerprint density at radius 2 is 1.91 bits per heavy atom. The Bertz CT molecular complexity index is 537. The van der Waals surface area contributed by atoms with Crippen LogP contribution in [0.1, 0.15) is 90.2 Å². The molecule has 2 N–H and O–H groups in total. The molecule has 1 aromatic rings. The van der Waals surface area contributed by atoms with Crippen LogP contribution >= 0.6 is 0 Å². The van der Waals surface area contributed by atoms with Gasteiger partial charge < -0.3 is 10.3 Å². The average Bonchev–Trinajstić information content (AvgIpc) is 3.05. The van der Waals surface area contributed by atoms with Crippen molar-refractivity contribution < 1.29 is 0 Å². The molecule has 1 fully saturated rings. The van der Waals surface area contributed by atoms with Crippen LogP contribution in [0.2, 0.25) is 0 Å². The zero-order chi connectivity index (χ0) is 16.7. The van der Waals surface area contributed by atoms with Crippen LogP contribution in [-0.4, -0.2) is 16.5 Å². The molecule has 1 atom stereocenters. The maximum Gasteiger partial charge on any atom is 0.123 e. The van der Waals surface area contributed by atoms with Crippen molar-refractivity contribution in [3.05, 3.63) is 34.9 Å². The number of hydrogen-bond donors (Lipinski definition) is 2. The first-order valence-electron chi connectivity index (χ1n) is 9.25. The summed E-state index contributed by atoms with van der Waals surface area (Å²) in [6.07, 6.45) is 13.2. The van der Waals surface area contributed by atoms with Gasteiger partial charge in [0.25, 0.3) is 0 Å². The van der Waals surface area contributed by atoms with E-state index in [2.05, 4.69) is 49.1 Å². The fourth-order valence-electron chi connectivity index (χ4n) is 3.27. The summed E-state index contributed by atoms with van der Waals surface area (Å²) >= 11 is 0. The van der Waals surface area contributed by atoms with Gasteiger partial charge in [-0.1, -0.05) is 44.3 Å². The largest absolute Gasteiger partial charge is 0.341 e. The lowest BCUT2D eigenvalue weighted by Crippen LogP contribution is -2.23. The number of rotatable bonds is 4. The van der Waals surface area contributed by atoms with Gasteiger partial charge in [0.2, 0.25) is 0 Å². The normalized spacial score (nSPS) is 20.5. The average molecular weight is 316 g/mol. The molecule has 1 unspecified atom stereocenters. The summed E-state index contributed by atoms with van der Waals surface area (Å²) in [6, 6.07) is 0.378. The van der Waals surface area contributed by atoms with Crippen LogP contribution in [0, 0.1) is 0 Å². The Labute approximate surface area is 141 Å². The number of H-pyrrole nitrogens is 1. The van der Waals surface area contributed by atoms with Gasteiger partial charge in [0.15, 0.2) is 0 Å². The lowest BCUT2D eigenvalue weighted by molar-refractivity contribution is 0.474. The van der Waals surface area contributed by atoms with Crippen molar-refractivity contribution in [2.75, 3.05) is 6.54 Å². The number of imidazole rings is 1. The predicted octanol–water partition coefficient (Wildman–Crippen LogP) is 5.54. The minimum absolute atomic E-state index is 0.378. The van der Waals surface area contributed by atoms with Gasteiger partial charge in [0.1, 0.15) is 5.82 Å². The third-order valence-corrected chi connectivity index (χ3v) is 4.82. The van der Waals surface area contributed by atoms with E-state index in [1.807, 2.05) is 6.20 Å². The Morgan fingerprint density at radius 1 is 1.17 bits per heavy atom. The quantitative estimate of drug-likeness (QED) is 0.716. The van der Waals surface area contributed by atoms with Gasteiger partial charge in [-0.3, -0.25) is 0 Å². The summed E-state index contributed by atoms with van der Waals surface area (Å²) < 4.78 is 0. The molecule has 0 spiro atoms. The Morgan fingerprint density at radius 3 is 2.65 bits per heavy atom. The first-order valence-corrected chi connectivity index (χ1v) is 9.25. The molecule has 2 heterocycles. The van der Waals surface area contributed by atoms with E-state index in [1.54, 1.807) is 0 Å². The van der Waals surface area contributed by atoms with Crippen LogP contribution in [-0.2, 0) is 0 Å². The highest BCUT2D eigenvalue weighted by Crippen LogP contribution is 2.23. The highest BCUT2D eigenvalue weighted by molar-refractivity contribution is 5.63. The summed E-state index contributed by atoms with van der Waals surface area (Å²) in [5.74, 6) is 1.10. The van der Waals surface area contributed by atoms with Crippen LogP contribution in [0.3, 0.4) is 0 Å². The third-order valence-electron chi connectivity index (χ3n) is 4.82. The molecule has 2 rings (SSSR count). The molecule has 0 amide bonds. The van der Waals surface area contributed by atoms with E-state index in [4.69, 9.17) is 0 Å². The van der Waals surface area contributed by atoms with E-state index in [1.165, 1.54) is 55.2 Å². The van der Waals surface area contributed by atoms with Crippen molar-refractivity contribution in [2.45, 2.75) is 78.7 Å². The number of aromatic amines is 1. The molecule has 1 saturated heterocycles. The molecule has 0 saturated carbocycles. The first kappa shape index (κ1) is 18.0. The first-order chi connectivity index (χ1) is 11.1. The van der Waals surface area contributed by atoms with Crippen molar-refractivity contribution in [3.8, 4) is 0 Å². The van der Waals surface area contributed by atoms with Gasteiger partial charge in [0.05, 0.1) is 17.9 Å². The van der Waals surface area contributed by atoms with Gasteiger partial charge in [-0.15, -0.1) is 0 Å². The van der Waals surface area contributed by atoms with E-state index >= 15 is 0 Å². The van der Waals surface area contributed by atoms with Crippen LogP contribution in [0.5, 0.6) is 0 Å². The molecule has 3 nitrogen and oxygen atoms in total. The van der Waals surface area contributed by atoms with Crippen molar-refractivity contribution in [3.63, 3.8) is 0 Å². The number of aromatic nitrogens is 2. The summed E-state index contributed by atoms with van der Waals surface area (Å²) in [5.41, 5.74) is 5.22. The second-order valence-corrected chi connectivity index (χ2v) is 6.95. The molecular weight excluding hydrogens is 282 g/mol. The van der Waals surface area contributed by atoms with Crippen LogP contribution < -0.4 is 5.32 Å². The molecule has 0 aromatic carbocycles. The molecule has 23 heavy (non-hydrogen) atoms. The molecule has 1 aliphatic rings. The van der Waals surface area contributed by atoms with Crippen molar-refractivity contribution in [1.29, 1.82) is 0 Å². The van der Waals surface area contributed by atoms with Crippen molar-refractivity contribution in [2.24, 2.45) is 0 Å². The molecule has 0 aliphatic carbocycles. The van der Waals surface area contributed by atoms with Crippen LogP contribution in [0.25, 0.3) is 5.57 Å². The van der Waals surface area contributed by atoms with E-state index in [9.17, 15) is 0 Å². The standard InChI is InChI=1S/C20H33N3/c1-5-17(15(2)3)13-16(4)19-14-22-20(23-19)18-11-9-7-6-8-10-12-21-18/h13-14,18,21H,5-12H2,1-4H3,(H,22,23). The Balaban J connectivity index is 2.12. The number of nitrogens with zero attached hydrogens (tertiary/aromatic N) is 1. The minimum Gasteiger partial charge on any atom is -0.341 e. The zero-order valence-electron chi connectivity index (χ0n) is 15.3. The van der Waals surface area contributed by atoms with Crippen LogP contribution in [0.4, 0.5) is 0 Å². The fraction of sp³-hybridized carbons (Fsp3) is 0.650. The van der Waals surface area contributed by atoms with E-state index in [-0.39, 0.29) is 0 Å². The van der Waals surface area contributed by atoms with E-state index in [0.717, 1.165) is 24.5 Å². The molecular formula is C20H33N3. The molecule has 0 bridgehead atoms. The van der Waals surface area contributed by atoms with Crippen LogP contribution in [0.15, 0.2) is 23.4 Å². The van der Waals surface area contributed by atoms with Gasteiger partial charge >= 0.3 is 0 Å². The maximum atomic E-state index is 4.67. The number of hydrogen-bond acceptors (Lipinski definition) is 2. The summed E-state index contributed by atoms with van der Waals surface area (Å²) in [5, 5.41) is 3.68. The van der Waals surface area contributed by atoms with E-state index < -0.39 is 0 Å². The third kappa shape index (κ3) is 5.35. The van der Waals surface area contributed by atoms with Gasteiger partial charge in [-0.2, -0.15) is 0 Å². The number of nitrogens with one attached hydrogen (secondary N) is 2. The molecule has 128 valence electrons. The van der Waals surface area contributed by atoms with E-state index in [0.29, 0.717) is 6.04 Å². The lowest BCUT2D eigenvalue weighted by Gasteiger charge is -2.15. The Hall–Kier alpha value is -1.35. The van der Waals surface area contributed by atoms with Gasteiger partial charge in [-0.05, 0) is 57.7 Å². The van der Waals surface area contributed by atoms with Crippen molar-refractivity contribution >= 4 is 5.57 Å². The Kier molecular flexibility index (Phi) is 7.10. The summed E-state index contributed by atoms with van der Waals surface area (Å²) in [7, 11) is 0. The molecule has 1 aromatic heterocycles. The second kappa shape index (κ2) is 9.07. The summed E-state index contributed by atoms with van der Waals surface area (Å²) in [6.45, 7) is 9.86. The fourth-order valence-corrected chi connectivity index (χ4v) is 3.27. The topological polar surface area (TPSA) is 40.7 Å².